The topological polar surface area (TPSA) is 123 Å². The predicted octanol–water partition coefficient (Wildman–Crippen LogP) is 3.14. The highest BCUT2D eigenvalue weighted by molar-refractivity contribution is 5.89. The Morgan fingerprint density at radius 2 is 1.82 bits per heavy atom. The summed E-state index contributed by atoms with van der Waals surface area (Å²) in [5.41, 5.74) is 0.942. The van der Waals surface area contributed by atoms with Crippen LogP contribution in [-0.2, 0) is 11.2 Å². The van der Waals surface area contributed by atoms with Gasteiger partial charge in [0.1, 0.15) is 17.7 Å². The fraction of sp³-hybridized carbons (Fsp3) is 0.464. The van der Waals surface area contributed by atoms with Crippen LogP contribution in [0.2, 0.25) is 0 Å². The average molecular weight is 534 g/mol. The smallest absolute Gasteiger partial charge is 0.407 e. The van der Waals surface area contributed by atoms with Gasteiger partial charge in [0.15, 0.2) is 0 Å². The van der Waals surface area contributed by atoms with E-state index in [-0.39, 0.29) is 11.9 Å². The van der Waals surface area contributed by atoms with E-state index in [2.05, 4.69) is 32.4 Å². The molecule has 206 valence electrons. The third-order valence-corrected chi connectivity index (χ3v) is 7.43. The first-order chi connectivity index (χ1) is 18.6. The molecule has 2 aliphatic rings. The van der Waals surface area contributed by atoms with Crippen molar-refractivity contribution in [2.75, 3.05) is 25.0 Å². The fourth-order valence-electron chi connectivity index (χ4n) is 5.35. The van der Waals surface area contributed by atoms with Crippen molar-refractivity contribution in [2.45, 2.75) is 45.8 Å². The van der Waals surface area contributed by atoms with Crippen LogP contribution >= 0.6 is 0 Å². The molecule has 1 saturated heterocycles. The molecular formula is C28H35N7O4. The van der Waals surface area contributed by atoms with Gasteiger partial charge >= 0.3 is 17.8 Å². The van der Waals surface area contributed by atoms with Gasteiger partial charge in [-0.05, 0) is 75.6 Å². The summed E-state index contributed by atoms with van der Waals surface area (Å²) in [6.45, 7) is 10.6. The van der Waals surface area contributed by atoms with E-state index in [4.69, 9.17) is 4.74 Å². The van der Waals surface area contributed by atoms with Gasteiger partial charge in [-0.25, -0.2) is 19.4 Å². The highest BCUT2D eigenvalue weighted by atomic mass is 16.6. The molecule has 5 rings (SSSR count). The van der Waals surface area contributed by atoms with E-state index >= 15 is 0 Å². The van der Waals surface area contributed by atoms with Crippen molar-refractivity contribution in [1.82, 2.24) is 29.3 Å². The zero-order valence-corrected chi connectivity index (χ0v) is 22.7. The largest absolute Gasteiger partial charge is 0.444 e. The minimum atomic E-state index is -0.480. The Bertz CT molecular complexity index is 1370. The lowest BCUT2D eigenvalue weighted by Gasteiger charge is -2.27. The van der Waals surface area contributed by atoms with Gasteiger partial charge in [-0.2, -0.15) is 4.98 Å². The van der Waals surface area contributed by atoms with Gasteiger partial charge in [-0.1, -0.05) is 12.1 Å². The van der Waals surface area contributed by atoms with E-state index in [1.165, 1.54) is 33.4 Å². The van der Waals surface area contributed by atoms with Crippen LogP contribution in [0, 0.1) is 17.8 Å². The maximum absolute atomic E-state index is 12.6. The third kappa shape index (κ3) is 6.36. The molecule has 3 heterocycles. The number of imidazole rings is 1. The predicted molar refractivity (Wildman–Crippen MR) is 146 cm³/mol. The van der Waals surface area contributed by atoms with Gasteiger partial charge in [0, 0.05) is 44.3 Å². The van der Waals surface area contributed by atoms with Crippen LogP contribution in [0.3, 0.4) is 0 Å². The van der Waals surface area contributed by atoms with Crippen LogP contribution in [0.4, 0.5) is 15.4 Å². The molecule has 1 saturated carbocycles. The lowest BCUT2D eigenvalue weighted by atomic mass is 10.0. The molecule has 11 nitrogen and oxygen atoms in total. The summed E-state index contributed by atoms with van der Waals surface area (Å²) < 4.78 is 8.05. The fourth-order valence-corrected chi connectivity index (χ4v) is 5.35. The summed E-state index contributed by atoms with van der Waals surface area (Å²) >= 11 is 0. The first kappa shape index (κ1) is 26.6. The molecule has 2 aromatic heterocycles. The lowest BCUT2D eigenvalue weighted by Crippen LogP contribution is -2.37. The highest BCUT2D eigenvalue weighted by Crippen LogP contribution is 2.51. The zero-order valence-electron chi connectivity index (χ0n) is 22.7. The Hall–Kier alpha value is -3.99. The summed E-state index contributed by atoms with van der Waals surface area (Å²) in [5, 5.41) is 5.50. The number of aromatic nitrogens is 4. The number of hydrogen-bond donors (Lipinski definition) is 2. The van der Waals surface area contributed by atoms with Gasteiger partial charge in [0.25, 0.3) is 0 Å². The average Bonchev–Trinajstić information content (AvgIpc) is 3.26. The quantitative estimate of drug-likeness (QED) is 0.478. The number of ether oxygens (including phenoxy) is 1. The van der Waals surface area contributed by atoms with Crippen LogP contribution < -0.4 is 16.3 Å². The molecular weight excluding hydrogens is 498 g/mol. The summed E-state index contributed by atoms with van der Waals surface area (Å²) in [6.07, 6.45) is 6.54. The number of anilines is 1. The summed E-state index contributed by atoms with van der Waals surface area (Å²) in [7, 11) is 0. The first-order valence-corrected chi connectivity index (χ1v) is 13.3. The number of piperidine rings is 1. The number of rotatable bonds is 7. The standard InChI is InChI=1S/C28H35N7O4/c1-18(34-15-22-21(23(22)16-34)14-30-27(38)39-28(2,3)4)13-19-5-7-20(8-6-19)35-11-9-24(32-26(35)37)31-25(36)33-12-10-29-17-33/h5-12,17-18,21-23H,13-16H2,1-4H3,(H,30,38)(H,31,32,36,37)/t18-,21?,22?,23?/m1/s1. The molecule has 1 aliphatic carbocycles. The summed E-state index contributed by atoms with van der Waals surface area (Å²) in [4.78, 5) is 47.0. The Morgan fingerprint density at radius 3 is 2.44 bits per heavy atom. The molecule has 3 aromatic rings. The van der Waals surface area contributed by atoms with Crippen LogP contribution in [0.5, 0.6) is 0 Å². The van der Waals surface area contributed by atoms with Gasteiger partial charge in [-0.3, -0.25) is 19.4 Å². The van der Waals surface area contributed by atoms with Crippen molar-refractivity contribution in [1.29, 1.82) is 0 Å². The molecule has 3 atom stereocenters. The number of carbonyl (C=O) groups excluding carboxylic acids is 2. The van der Waals surface area contributed by atoms with E-state index < -0.39 is 17.3 Å². The van der Waals surface area contributed by atoms with Crippen molar-refractivity contribution in [3.05, 3.63) is 71.3 Å². The number of carbonyl (C=O) groups is 2. The van der Waals surface area contributed by atoms with Crippen molar-refractivity contribution in [2.24, 2.45) is 17.8 Å². The number of nitrogens with zero attached hydrogens (tertiary/aromatic N) is 5. The van der Waals surface area contributed by atoms with Crippen LogP contribution in [-0.4, -0.2) is 67.4 Å². The number of hydrogen-bond acceptors (Lipinski definition) is 7. The van der Waals surface area contributed by atoms with Crippen LogP contribution in [0.25, 0.3) is 5.69 Å². The monoisotopic (exact) mass is 533 g/mol. The van der Waals surface area contributed by atoms with Crippen molar-refractivity contribution >= 4 is 17.9 Å². The molecule has 2 unspecified atom stereocenters. The minimum Gasteiger partial charge on any atom is -0.444 e. The lowest BCUT2D eigenvalue weighted by molar-refractivity contribution is 0.0522. The number of alkyl carbamates (subject to hydrolysis) is 1. The normalized spacial score (nSPS) is 21.2. The maximum atomic E-state index is 12.6. The maximum Gasteiger partial charge on any atom is 0.407 e. The van der Waals surface area contributed by atoms with Gasteiger partial charge < -0.3 is 10.1 Å². The number of amides is 2. The summed E-state index contributed by atoms with van der Waals surface area (Å²) in [5.74, 6) is 1.98. The second-order valence-corrected chi connectivity index (χ2v) is 11.4. The third-order valence-electron chi connectivity index (χ3n) is 7.43. The highest BCUT2D eigenvalue weighted by Gasteiger charge is 2.55. The second kappa shape index (κ2) is 10.6. The Balaban J connectivity index is 1.10. The van der Waals surface area contributed by atoms with Crippen LogP contribution in [0.1, 0.15) is 33.3 Å². The van der Waals surface area contributed by atoms with E-state index in [0.29, 0.717) is 36.0 Å². The number of likely N-dealkylation sites (tertiary alicyclic amines) is 1. The minimum absolute atomic E-state index is 0.173. The van der Waals surface area contributed by atoms with E-state index in [9.17, 15) is 14.4 Å². The number of fused-ring (bicyclic) bond motifs is 1. The SMILES string of the molecule is C[C@H](Cc1ccc(-n2ccc(NC(=O)n3ccnc3)nc2=O)cc1)N1CC2C(CNC(=O)OC(C)(C)C)C2C1. The molecule has 0 bridgehead atoms. The van der Waals surface area contributed by atoms with Crippen molar-refractivity contribution in [3.63, 3.8) is 0 Å². The molecule has 11 heteroatoms. The second-order valence-electron chi connectivity index (χ2n) is 11.4. The molecule has 1 aliphatic heterocycles. The first-order valence-electron chi connectivity index (χ1n) is 13.3. The number of nitrogens with one attached hydrogen (secondary N) is 2. The van der Waals surface area contributed by atoms with Crippen molar-refractivity contribution in [3.8, 4) is 5.69 Å². The molecule has 0 radical (unpaired) electrons. The van der Waals surface area contributed by atoms with Gasteiger partial charge in [-0.15, -0.1) is 0 Å². The number of benzene rings is 1. The molecule has 39 heavy (non-hydrogen) atoms. The van der Waals surface area contributed by atoms with Crippen molar-refractivity contribution < 1.29 is 14.3 Å². The summed E-state index contributed by atoms with van der Waals surface area (Å²) in [6, 6.07) is 9.43. The molecule has 2 fully saturated rings. The Morgan fingerprint density at radius 1 is 1.10 bits per heavy atom. The zero-order chi connectivity index (χ0) is 27.7. The molecule has 2 N–H and O–H groups in total. The van der Waals surface area contributed by atoms with Gasteiger partial charge in [0.2, 0.25) is 0 Å². The van der Waals surface area contributed by atoms with E-state index in [1.807, 2.05) is 45.0 Å². The van der Waals surface area contributed by atoms with E-state index in [1.54, 1.807) is 12.3 Å². The van der Waals surface area contributed by atoms with Crippen LogP contribution in [0.15, 0.2) is 60.0 Å². The molecule has 2 amide bonds. The van der Waals surface area contributed by atoms with Gasteiger partial charge in [0.05, 0.1) is 5.69 Å². The molecule has 0 spiro atoms. The Kier molecular flexibility index (Phi) is 7.26. The Labute approximate surface area is 227 Å². The van der Waals surface area contributed by atoms with E-state index in [0.717, 1.165) is 19.5 Å². The molecule has 1 aromatic carbocycles.